The van der Waals surface area contributed by atoms with Crippen LogP contribution < -0.4 is 25.4 Å². The number of aromatic amines is 1. The summed E-state index contributed by atoms with van der Waals surface area (Å²) in [6.07, 6.45) is 1.72. The highest BCUT2D eigenvalue weighted by atomic mass is 32.2. The molecule has 0 saturated heterocycles. The maximum Gasteiger partial charge on any atom is 0.279 e. The monoisotopic (exact) mass is 713 g/mol. The lowest BCUT2D eigenvalue weighted by molar-refractivity contribution is -0.141. The molecule has 5 N–H and O–H groups in total. The zero-order valence-corrected chi connectivity index (χ0v) is 29.8. The molecule has 2 aliphatic rings. The van der Waals surface area contributed by atoms with E-state index in [0.29, 0.717) is 11.3 Å². The number of H-pyrrole nitrogens is 1. The Kier molecular flexibility index (Phi) is 13.3. The fourth-order valence-electron chi connectivity index (χ4n) is 5.49. The Morgan fingerprint density at radius 2 is 1.74 bits per heavy atom. The minimum Gasteiger partial charge on any atom is -0.492 e. The molecule has 3 aromatic rings. The first-order chi connectivity index (χ1) is 23.8. The second-order valence-corrected chi connectivity index (χ2v) is 14.5. The van der Waals surface area contributed by atoms with E-state index in [1.165, 1.54) is 26.1 Å². The van der Waals surface area contributed by atoms with Gasteiger partial charge in [-0.1, -0.05) is 44.2 Å². The summed E-state index contributed by atoms with van der Waals surface area (Å²) in [6, 6.07) is 10.8. The van der Waals surface area contributed by atoms with E-state index in [2.05, 4.69) is 25.7 Å². The second-order valence-electron chi connectivity index (χ2n) is 12.6. The largest absolute Gasteiger partial charge is 0.492 e. The molecule has 50 heavy (non-hydrogen) atoms. The van der Waals surface area contributed by atoms with Gasteiger partial charge < -0.3 is 35.3 Å². The molecular formula is C34H47N7O8S. The molecule has 0 radical (unpaired) electrons. The van der Waals surface area contributed by atoms with Crippen molar-refractivity contribution in [3.05, 3.63) is 65.9 Å². The molecule has 16 heteroatoms. The summed E-state index contributed by atoms with van der Waals surface area (Å²) >= 11 is 0. The second kappa shape index (κ2) is 17.4. The van der Waals surface area contributed by atoms with Crippen LogP contribution in [0.2, 0.25) is 0 Å². The lowest BCUT2D eigenvalue weighted by Gasteiger charge is -2.30. The molecule has 0 aliphatic carbocycles. The van der Waals surface area contributed by atoms with Gasteiger partial charge >= 0.3 is 0 Å². The molecule has 0 unspecified atom stereocenters. The number of nitrogens with zero attached hydrogens (tertiary/aromatic N) is 2. The number of carbonyl (C=O) groups excluding carboxylic acids is 4. The zero-order valence-electron chi connectivity index (χ0n) is 29.0. The molecule has 0 spiro atoms. The van der Waals surface area contributed by atoms with Crippen molar-refractivity contribution in [2.24, 2.45) is 5.92 Å². The zero-order chi connectivity index (χ0) is 36.4. The third kappa shape index (κ3) is 10.3. The Hall–Kier alpha value is -4.51. The normalized spacial score (nSPS) is 20.5. The predicted molar refractivity (Wildman–Crippen MR) is 187 cm³/mol. The Morgan fingerprint density at radius 1 is 1.02 bits per heavy atom. The number of carbonyl (C=O) groups is 4. The van der Waals surface area contributed by atoms with E-state index < -0.39 is 58.5 Å². The Balaban J connectivity index is 1.76. The van der Waals surface area contributed by atoms with Crippen LogP contribution in [0.15, 0.2) is 54.7 Å². The van der Waals surface area contributed by atoms with Crippen LogP contribution >= 0.6 is 0 Å². The first-order valence-electron chi connectivity index (χ1n) is 16.4. The van der Waals surface area contributed by atoms with E-state index in [1.807, 2.05) is 24.3 Å². The number of methoxy groups -OCH3 is 1. The van der Waals surface area contributed by atoms with E-state index >= 15 is 0 Å². The van der Waals surface area contributed by atoms with Crippen LogP contribution in [0.4, 0.5) is 0 Å². The topological polar surface area (TPSA) is 191 Å². The van der Waals surface area contributed by atoms with Crippen molar-refractivity contribution in [2.45, 2.75) is 44.8 Å². The van der Waals surface area contributed by atoms with Crippen molar-refractivity contribution < 1.29 is 37.1 Å². The molecule has 5 rings (SSSR count). The molecule has 3 heterocycles. The van der Waals surface area contributed by atoms with Gasteiger partial charge in [0.1, 0.15) is 30.5 Å². The average Bonchev–Trinajstić information content (AvgIpc) is 3.49. The van der Waals surface area contributed by atoms with Gasteiger partial charge in [0.2, 0.25) is 23.6 Å². The number of ether oxygens (including phenoxy) is 2. The number of amides is 4. The SMILES string of the molecule is COCCN1CC(=O)N[C@@H](C(C)C)C(=O)NCCOc2ccc(cc2)C[C@H](NS(=O)(=O)N(C)C)C(=O)N[C@@H](Cc2c[nH]c3ccccc23)C1=O. The van der Waals surface area contributed by atoms with E-state index in [4.69, 9.17) is 9.47 Å². The highest BCUT2D eigenvalue weighted by Gasteiger charge is 2.34. The van der Waals surface area contributed by atoms with Crippen molar-refractivity contribution in [1.29, 1.82) is 0 Å². The van der Waals surface area contributed by atoms with Crippen LogP contribution in [-0.2, 0) is 47.0 Å². The van der Waals surface area contributed by atoms with Gasteiger partial charge in [0.25, 0.3) is 10.2 Å². The molecule has 2 aromatic carbocycles. The number of nitrogens with one attached hydrogen (secondary N) is 5. The molecule has 4 amide bonds. The van der Waals surface area contributed by atoms with Gasteiger partial charge in [0.15, 0.2) is 0 Å². The van der Waals surface area contributed by atoms with Gasteiger partial charge in [-0.2, -0.15) is 17.4 Å². The molecule has 0 fully saturated rings. The quantitative estimate of drug-likeness (QED) is 0.196. The third-order valence-electron chi connectivity index (χ3n) is 8.31. The van der Waals surface area contributed by atoms with Crippen LogP contribution in [-0.4, -0.2) is 118 Å². The summed E-state index contributed by atoms with van der Waals surface area (Å²) in [5.74, 6) is -2.08. The van der Waals surface area contributed by atoms with Crippen LogP contribution in [0.5, 0.6) is 5.75 Å². The number of benzene rings is 2. The summed E-state index contributed by atoms with van der Waals surface area (Å²) in [6.45, 7) is 3.57. The van der Waals surface area contributed by atoms with Crippen molar-refractivity contribution in [3.8, 4) is 5.75 Å². The third-order valence-corrected chi connectivity index (χ3v) is 9.86. The smallest absolute Gasteiger partial charge is 0.279 e. The van der Waals surface area contributed by atoms with Crippen LogP contribution in [0.25, 0.3) is 10.9 Å². The molecule has 0 saturated carbocycles. The average molecular weight is 714 g/mol. The standard InChI is InChI=1S/C34H47N7O8S/c1-22(2)31-33(44)35-14-16-49-25-12-10-23(11-13-25)18-28(39-50(46,47)40(3)4)32(43)37-29(19-24-20-36-27-9-7-6-8-26(24)27)34(45)41(15-17-48-5)21-30(42)38-31/h6-13,20,22,28-29,31,36,39H,14-19,21H2,1-5H3,(H,35,44)(H,37,43)(H,38,42)/t28-,29-,31-/m0/s1. The summed E-state index contributed by atoms with van der Waals surface area (Å²) in [5.41, 5.74) is 2.17. The summed E-state index contributed by atoms with van der Waals surface area (Å²) in [5, 5.41) is 9.17. The van der Waals surface area contributed by atoms with Crippen LogP contribution in [0.1, 0.15) is 25.0 Å². The molecule has 15 nitrogen and oxygen atoms in total. The van der Waals surface area contributed by atoms with Gasteiger partial charge in [-0.15, -0.1) is 0 Å². The molecule has 2 aliphatic heterocycles. The summed E-state index contributed by atoms with van der Waals surface area (Å²) in [4.78, 5) is 59.4. The van der Waals surface area contributed by atoms with Crippen molar-refractivity contribution in [3.63, 3.8) is 0 Å². The van der Waals surface area contributed by atoms with Crippen LogP contribution in [0, 0.1) is 5.92 Å². The van der Waals surface area contributed by atoms with Crippen molar-refractivity contribution in [2.75, 3.05) is 54.1 Å². The molecular weight excluding hydrogens is 666 g/mol. The van der Waals surface area contributed by atoms with E-state index in [1.54, 1.807) is 44.3 Å². The van der Waals surface area contributed by atoms with Gasteiger partial charge in [0.05, 0.1) is 19.7 Å². The maximum atomic E-state index is 14.4. The maximum absolute atomic E-state index is 14.4. The fourth-order valence-corrected chi connectivity index (χ4v) is 6.25. The Bertz CT molecular complexity index is 1740. The number of para-hydroxylation sites is 1. The van der Waals surface area contributed by atoms with E-state index in [0.717, 1.165) is 20.8 Å². The van der Waals surface area contributed by atoms with Gasteiger partial charge in [0, 0.05) is 51.3 Å². The van der Waals surface area contributed by atoms with Crippen molar-refractivity contribution >= 4 is 44.7 Å². The summed E-state index contributed by atoms with van der Waals surface area (Å²) < 4.78 is 40.4. The Labute approximate surface area is 292 Å². The van der Waals surface area contributed by atoms with Crippen LogP contribution in [0.3, 0.4) is 0 Å². The molecule has 3 atom stereocenters. The minimum absolute atomic E-state index is 0.00191. The Morgan fingerprint density at radius 3 is 2.42 bits per heavy atom. The number of hydrogen-bond acceptors (Lipinski definition) is 8. The first kappa shape index (κ1) is 38.3. The highest BCUT2D eigenvalue weighted by molar-refractivity contribution is 7.87. The number of hydrogen-bond donors (Lipinski definition) is 5. The predicted octanol–water partition coefficient (Wildman–Crippen LogP) is 0.327. The lowest BCUT2D eigenvalue weighted by atomic mass is 10.0. The number of fused-ring (bicyclic) bond motifs is 18. The fraction of sp³-hybridized carbons (Fsp3) is 0.471. The first-order valence-corrected chi connectivity index (χ1v) is 17.8. The van der Waals surface area contributed by atoms with Crippen molar-refractivity contribution in [1.82, 2.24) is 34.9 Å². The number of aromatic nitrogens is 1. The summed E-state index contributed by atoms with van der Waals surface area (Å²) in [7, 11) is 0.0528. The van der Waals surface area contributed by atoms with Gasteiger partial charge in [-0.05, 0) is 41.7 Å². The van der Waals surface area contributed by atoms with E-state index in [9.17, 15) is 27.6 Å². The van der Waals surface area contributed by atoms with Gasteiger partial charge in [-0.25, -0.2) is 0 Å². The lowest BCUT2D eigenvalue weighted by Crippen LogP contribution is -2.58. The van der Waals surface area contributed by atoms with Gasteiger partial charge in [-0.3, -0.25) is 19.2 Å². The number of rotatable bonds is 9. The van der Waals surface area contributed by atoms with E-state index in [-0.39, 0.29) is 45.1 Å². The minimum atomic E-state index is -4.08. The molecule has 272 valence electrons. The highest BCUT2D eigenvalue weighted by Crippen LogP contribution is 2.20. The molecule has 2 bridgehead atoms. The molecule has 1 aromatic heterocycles.